The minimum Gasteiger partial charge on any atom is -0.508 e. The van der Waals surface area contributed by atoms with E-state index >= 15 is 0 Å². The van der Waals surface area contributed by atoms with Crippen LogP contribution in [0.3, 0.4) is 0 Å². The van der Waals surface area contributed by atoms with Gasteiger partial charge in [0.2, 0.25) is 0 Å². The number of benzene rings is 2. The van der Waals surface area contributed by atoms with Gasteiger partial charge in [-0.05, 0) is 35.9 Å². The highest BCUT2D eigenvalue weighted by atomic mass is 35.5. The van der Waals surface area contributed by atoms with E-state index in [4.69, 9.17) is 22.1 Å². The molecular formula is C18H14ClFN2O2. The molecule has 0 spiro atoms. The van der Waals surface area contributed by atoms with Crippen LogP contribution in [0.1, 0.15) is 5.56 Å². The molecule has 1 aromatic heterocycles. The van der Waals surface area contributed by atoms with Gasteiger partial charge in [0.15, 0.2) is 11.6 Å². The Morgan fingerprint density at radius 3 is 2.54 bits per heavy atom. The summed E-state index contributed by atoms with van der Waals surface area (Å²) in [6.45, 7) is 0.143. The average molecular weight is 345 g/mol. The fourth-order valence-electron chi connectivity index (χ4n) is 2.18. The molecule has 0 aliphatic carbocycles. The van der Waals surface area contributed by atoms with E-state index in [0.717, 1.165) is 11.1 Å². The third kappa shape index (κ3) is 3.58. The first-order valence-electron chi connectivity index (χ1n) is 7.14. The lowest BCUT2D eigenvalue weighted by Gasteiger charge is -2.11. The third-order valence-electron chi connectivity index (χ3n) is 3.48. The second kappa shape index (κ2) is 6.76. The number of ether oxygens (including phenoxy) is 1. The molecule has 0 radical (unpaired) electrons. The fourth-order valence-corrected chi connectivity index (χ4v) is 2.40. The number of anilines is 1. The number of hydrogen-bond donors (Lipinski definition) is 2. The number of nitrogen functional groups attached to an aromatic ring is 1. The predicted octanol–water partition coefficient (Wildman–Crippen LogP) is 4.41. The van der Waals surface area contributed by atoms with Gasteiger partial charge in [-0.1, -0.05) is 29.8 Å². The zero-order valence-corrected chi connectivity index (χ0v) is 13.3. The van der Waals surface area contributed by atoms with E-state index in [9.17, 15) is 9.50 Å². The van der Waals surface area contributed by atoms with Crippen molar-refractivity contribution < 1.29 is 14.2 Å². The summed E-state index contributed by atoms with van der Waals surface area (Å²) in [5.41, 5.74) is 8.16. The van der Waals surface area contributed by atoms with Crippen LogP contribution in [0.5, 0.6) is 11.5 Å². The molecule has 0 atom stereocenters. The van der Waals surface area contributed by atoms with Crippen molar-refractivity contribution in [2.45, 2.75) is 6.61 Å². The Kier molecular flexibility index (Phi) is 4.53. The van der Waals surface area contributed by atoms with Gasteiger partial charge >= 0.3 is 0 Å². The summed E-state index contributed by atoms with van der Waals surface area (Å²) in [5.74, 6) is 0.431. The van der Waals surface area contributed by atoms with Crippen LogP contribution in [0.15, 0.2) is 54.7 Å². The summed E-state index contributed by atoms with van der Waals surface area (Å²) in [7, 11) is 0. The van der Waals surface area contributed by atoms with Crippen molar-refractivity contribution >= 4 is 17.4 Å². The molecule has 4 nitrogen and oxygen atoms in total. The van der Waals surface area contributed by atoms with E-state index in [1.54, 1.807) is 42.6 Å². The standard InChI is InChI=1S/C18H14ClFN2O2/c19-16-8-14(20)4-1-12(16)10-24-17-7-13(9-22-18(17)21)11-2-5-15(23)6-3-11/h1-9,23H,10H2,(H2,21,22). The Hall–Kier alpha value is -2.79. The molecule has 1 heterocycles. The van der Waals surface area contributed by atoms with Gasteiger partial charge in [0, 0.05) is 17.3 Å². The number of halogens is 2. The number of rotatable bonds is 4. The molecule has 24 heavy (non-hydrogen) atoms. The summed E-state index contributed by atoms with van der Waals surface area (Å²) in [4.78, 5) is 4.12. The Morgan fingerprint density at radius 1 is 1.08 bits per heavy atom. The number of aromatic nitrogens is 1. The van der Waals surface area contributed by atoms with Gasteiger partial charge in [0.25, 0.3) is 0 Å². The predicted molar refractivity (Wildman–Crippen MR) is 91.5 cm³/mol. The molecule has 3 N–H and O–H groups in total. The highest BCUT2D eigenvalue weighted by Crippen LogP contribution is 2.29. The third-order valence-corrected chi connectivity index (χ3v) is 3.83. The molecular weight excluding hydrogens is 331 g/mol. The van der Waals surface area contributed by atoms with Crippen LogP contribution in [-0.4, -0.2) is 10.1 Å². The number of aromatic hydroxyl groups is 1. The second-order valence-corrected chi connectivity index (χ2v) is 5.59. The van der Waals surface area contributed by atoms with Gasteiger partial charge in [-0.3, -0.25) is 0 Å². The van der Waals surface area contributed by atoms with Crippen molar-refractivity contribution in [1.82, 2.24) is 4.98 Å². The van der Waals surface area contributed by atoms with Crippen LogP contribution in [-0.2, 0) is 6.61 Å². The van der Waals surface area contributed by atoms with Crippen molar-refractivity contribution in [3.8, 4) is 22.6 Å². The molecule has 3 rings (SSSR count). The quantitative estimate of drug-likeness (QED) is 0.735. The smallest absolute Gasteiger partial charge is 0.166 e. The van der Waals surface area contributed by atoms with E-state index in [1.165, 1.54) is 12.1 Å². The van der Waals surface area contributed by atoms with Gasteiger partial charge in [-0.25, -0.2) is 9.37 Å². The molecule has 0 bridgehead atoms. The molecule has 0 unspecified atom stereocenters. The molecule has 0 saturated heterocycles. The molecule has 0 aliphatic rings. The Morgan fingerprint density at radius 2 is 1.83 bits per heavy atom. The molecule has 2 aromatic carbocycles. The van der Waals surface area contributed by atoms with Crippen LogP contribution in [0.25, 0.3) is 11.1 Å². The van der Waals surface area contributed by atoms with Crippen molar-refractivity contribution in [2.24, 2.45) is 0 Å². The van der Waals surface area contributed by atoms with E-state index in [0.29, 0.717) is 11.3 Å². The summed E-state index contributed by atoms with van der Waals surface area (Å²) in [5, 5.41) is 9.65. The molecule has 6 heteroatoms. The summed E-state index contributed by atoms with van der Waals surface area (Å²) in [6.07, 6.45) is 1.62. The molecule has 0 saturated carbocycles. The first-order chi connectivity index (χ1) is 11.5. The molecule has 0 aliphatic heterocycles. The van der Waals surface area contributed by atoms with Crippen molar-refractivity contribution in [2.75, 3.05) is 5.73 Å². The van der Waals surface area contributed by atoms with Crippen LogP contribution in [0, 0.1) is 5.82 Å². The fraction of sp³-hybridized carbons (Fsp3) is 0.0556. The average Bonchev–Trinajstić information content (AvgIpc) is 2.56. The number of phenols is 1. The Bertz CT molecular complexity index is 869. The highest BCUT2D eigenvalue weighted by molar-refractivity contribution is 6.31. The molecule has 122 valence electrons. The number of nitrogens with two attached hydrogens (primary N) is 1. The van der Waals surface area contributed by atoms with Gasteiger partial charge < -0.3 is 15.6 Å². The van der Waals surface area contributed by atoms with Gasteiger partial charge in [-0.2, -0.15) is 0 Å². The van der Waals surface area contributed by atoms with Crippen molar-refractivity contribution in [3.63, 3.8) is 0 Å². The van der Waals surface area contributed by atoms with Gasteiger partial charge in [-0.15, -0.1) is 0 Å². The lowest BCUT2D eigenvalue weighted by atomic mass is 10.1. The van der Waals surface area contributed by atoms with Gasteiger partial charge in [0.1, 0.15) is 18.2 Å². The topological polar surface area (TPSA) is 68.4 Å². The SMILES string of the molecule is Nc1ncc(-c2ccc(O)cc2)cc1OCc1ccc(F)cc1Cl. The van der Waals surface area contributed by atoms with Crippen molar-refractivity contribution in [3.05, 3.63) is 71.1 Å². The zero-order chi connectivity index (χ0) is 17.1. The summed E-state index contributed by atoms with van der Waals surface area (Å²) < 4.78 is 18.8. The van der Waals surface area contributed by atoms with Crippen LogP contribution >= 0.6 is 11.6 Å². The number of phenolic OH excluding ortho intramolecular Hbond substituents is 1. The minimum atomic E-state index is -0.403. The van der Waals surface area contributed by atoms with E-state index in [-0.39, 0.29) is 23.2 Å². The Labute approximate surface area is 143 Å². The van der Waals surface area contributed by atoms with Crippen LogP contribution < -0.4 is 10.5 Å². The summed E-state index contributed by atoms with van der Waals surface area (Å²) >= 11 is 5.99. The largest absolute Gasteiger partial charge is 0.508 e. The minimum absolute atomic E-state index is 0.143. The van der Waals surface area contributed by atoms with Crippen LogP contribution in [0.4, 0.5) is 10.2 Å². The number of hydrogen-bond acceptors (Lipinski definition) is 4. The first kappa shape index (κ1) is 16.1. The lowest BCUT2D eigenvalue weighted by molar-refractivity contribution is 0.307. The maximum absolute atomic E-state index is 13.1. The van der Waals surface area contributed by atoms with E-state index in [1.807, 2.05) is 0 Å². The van der Waals surface area contributed by atoms with E-state index < -0.39 is 5.82 Å². The lowest BCUT2D eigenvalue weighted by Crippen LogP contribution is -2.01. The first-order valence-corrected chi connectivity index (χ1v) is 7.52. The van der Waals surface area contributed by atoms with E-state index in [2.05, 4.69) is 4.98 Å². The zero-order valence-electron chi connectivity index (χ0n) is 12.5. The number of pyridine rings is 1. The van der Waals surface area contributed by atoms with Gasteiger partial charge in [0.05, 0.1) is 5.02 Å². The molecule has 3 aromatic rings. The van der Waals surface area contributed by atoms with Crippen molar-refractivity contribution in [1.29, 1.82) is 0 Å². The summed E-state index contributed by atoms with van der Waals surface area (Å²) in [6, 6.07) is 12.6. The molecule has 0 amide bonds. The number of nitrogens with zero attached hydrogens (tertiary/aromatic N) is 1. The highest BCUT2D eigenvalue weighted by Gasteiger charge is 2.08. The normalized spacial score (nSPS) is 10.6. The maximum atomic E-state index is 13.1. The monoisotopic (exact) mass is 344 g/mol. The maximum Gasteiger partial charge on any atom is 0.166 e. The Balaban J connectivity index is 1.82. The second-order valence-electron chi connectivity index (χ2n) is 5.18. The molecule has 0 fully saturated rings. The van der Waals surface area contributed by atoms with Crippen LogP contribution in [0.2, 0.25) is 5.02 Å².